The molecule has 1 atom stereocenters. The van der Waals surface area contributed by atoms with E-state index in [1.54, 1.807) is 6.07 Å². The lowest BCUT2D eigenvalue weighted by Crippen LogP contribution is -2.24. The van der Waals surface area contributed by atoms with Crippen LogP contribution in [-0.4, -0.2) is 23.7 Å². The Morgan fingerprint density at radius 3 is 2.88 bits per heavy atom. The van der Waals surface area contributed by atoms with Crippen LogP contribution >= 0.6 is 11.6 Å². The molecule has 0 radical (unpaired) electrons. The highest BCUT2D eigenvalue weighted by molar-refractivity contribution is 6.32. The van der Waals surface area contributed by atoms with E-state index in [1.165, 1.54) is 6.92 Å². The van der Waals surface area contributed by atoms with Gasteiger partial charge >= 0.3 is 5.97 Å². The molecule has 17 heavy (non-hydrogen) atoms. The molecule has 0 fully saturated rings. The molecule has 0 aliphatic rings. The second-order valence-electron chi connectivity index (χ2n) is 3.61. The monoisotopic (exact) mass is 257 g/mol. The van der Waals surface area contributed by atoms with Crippen molar-refractivity contribution in [3.63, 3.8) is 0 Å². The molecule has 4 nitrogen and oxygen atoms in total. The van der Waals surface area contributed by atoms with E-state index in [-0.39, 0.29) is 0 Å². The van der Waals surface area contributed by atoms with Gasteiger partial charge in [-0.15, -0.1) is 0 Å². The number of carboxylic acid groups (broad SMARTS) is 1. The molecular formula is C12H16ClNO3. The molecule has 0 aromatic heterocycles. The van der Waals surface area contributed by atoms with Crippen molar-refractivity contribution < 1.29 is 14.6 Å². The number of rotatable bonds is 6. The third kappa shape index (κ3) is 3.91. The summed E-state index contributed by atoms with van der Waals surface area (Å²) in [5.74, 6) is -0.579. The highest BCUT2D eigenvalue weighted by atomic mass is 35.5. The molecule has 1 rings (SSSR count). The summed E-state index contributed by atoms with van der Waals surface area (Å²) in [6.45, 7) is 4.88. The Labute approximate surface area is 106 Å². The standard InChI is InChI=1S/C12H16ClNO3/c1-3-14-7-9-5-4-6-10(13)11(9)17-8(2)12(15)16/h4-6,8,14H,3,7H2,1-2H3,(H,15,16). The van der Waals surface area contributed by atoms with Crippen LogP contribution in [0.4, 0.5) is 0 Å². The molecule has 0 spiro atoms. The van der Waals surface area contributed by atoms with Crippen LogP contribution in [0.2, 0.25) is 5.02 Å². The van der Waals surface area contributed by atoms with Crippen molar-refractivity contribution in [3.05, 3.63) is 28.8 Å². The molecule has 2 N–H and O–H groups in total. The molecule has 94 valence electrons. The van der Waals surface area contributed by atoms with Crippen molar-refractivity contribution in [1.82, 2.24) is 5.32 Å². The van der Waals surface area contributed by atoms with Crippen molar-refractivity contribution in [2.75, 3.05) is 6.54 Å². The summed E-state index contributed by atoms with van der Waals surface area (Å²) in [6, 6.07) is 5.35. The van der Waals surface area contributed by atoms with Gasteiger partial charge in [0.15, 0.2) is 6.10 Å². The Morgan fingerprint density at radius 1 is 1.59 bits per heavy atom. The van der Waals surface area contributed by atoms with Crippen molar-refractivity contribution in [2.24, 2.45) is 0 Å². The van der Waals surface area contributed by atoms with Crippen molar-refractivity contribution in [2.45, 2.75) is 26.5 Å². The van der Waals surface area contributed by atoms with E-state index in [0.717, 1.165) is 12.1 Å². The van der Waals surface area contributed by atoms with E-state index >= 15 is 0 Å². The second kappa shape index (κ2) is 6.47. The fourth-order valence-corrected chi connectivity index (χ4v) is 1.55. The van der Waals surface area contributed by atoms with Crippen LogP contribution in [0.15, 0.2) is 18.2 Å². The molecule has 0 amide bonds. The maximum absolute atomic E-state index is 10.8. The largest absolute Gasteiger partial charge is 0.479 e. The van der Waals surface area contributed by atoms with Crippen molar-refractivity contribution in [3.8, 4) is 5.75 Å². The van der Waals surface area contributed by atoms with Gasteiger partial charge in [-0.05, 0) is 19.5 Å². The molecule has 5 heteroatoms. The Morgan fingerprint density at radius 2 is 2.29 bits per heavy atom. The molecule has 1 unspecified atom stereocenters. The maximum Gasteiger partial charge on any atom is 0.344 e. The van der Waals surface area contributed by atoms with Gasteiger partial charge in [-0.1, -0.05) is 30.7 Å². The molecule has 0 aliphatic carbocycles. The van der Waals surface area contributed by atoms with Gasteiger partial charge in [0, 0.05) is 12.1 Å². The van der Waals surface area contributed by atoms with Crippen LogP contribution in [0.3, 0.4) is 0 Å². The Hall–Kier alpha value is -1.26. The molecule has 0 saturated heterocycles. The summed E-state index contributed by atoms with van der Waals surface area (Å²) in [7, 11) is 0. The van der Waals surface area contributed by atoms with Gasteiger partial charge in [0.1, 0.15) is 5.75 Å². The Kier molecular flexibility index (Phi) is 5.25. The van der Waals surface area contributed by atoms with Gasteiger partial charge < -0.3 is 15.2 Å². The first-order chi connectivity index (χ1) is 8.06. The van der Waals surface area contributed by atoms with Gasteiger partial charge in [0.05, 0.1) is 5.02 Å². The zero-order valence-electron chi connectivity index (χ0n) is 9.87. The summed E-state index contributed by atoms with van der Waals surface area (Å²) >= 11 is 6.01. The quantitative estimate of drug-likeness (QED) is 0.821. The minimum Gasteiger partial charge on any atom is -0.479 e. The number of carboxylic acids is 1. The van der Waals surface area contributed by atoms with Gasteiger partial charge in [-0.2, -0.15) is 0 Å². The minimum absolute atomic E-state index is 0.425. The first-order valence-electron chi connectivity index (χ1n) is 5.43. The zero-order valence-corrected chi connectivity index (χ0v) is 10.6. The van der Waals surface area contributed by atoms with Gasteiger partial charge in [0.25, 0.3) is 0 Å². The summed E-state index contributed by atoms with van der Waals surface area (Å²) in [4.78, 5) is 10.8. The van der Waals surface area contributed by atoms with Crippen LogP contribution in [0.5, 0.6) is 5.75 Å². The molecule has 0 heterocycles. The number of carbonyl (C=O) groups is 1. The Balaban J connectivity index is 2.90. The smallest absolute Gasteiger partial charge is 0.344 e. The number of aliphatic carboxylic acids is 1. The lowest BCUT2D eigenvalue weighted by molar-refractivity contribution is -0.144. The first kappa shape index (κ1) is 13.8. The average Bonchev–Trinajstić information content (AvgIpc) is 2.29. The normalized spacial score (nSPS) is 12.2. The Bertz CT molecular complexity index is 395. The van der Waals surface area contributed by atoms with Crippen LogP contribution in [0, 0.1) is 0 Å². The highest BCUT2D eigenvalue weighted by Crippen LogP contribution is 2.29. The molecular weight excluding hydrogens is 242 g/mol. The molecule has 1 aromatic rings. The number of hydrogen-bond acceptors (Lipinski definition) is 3. The molecule has 0 aliphatic heterocycles. The van der Waals surface area contributed by atoms with E-state index in [1.807, 2.05) is 19.1 Å². The van der Waals surface area contributed by atoms with Crippen LogP contribution in [-0.2, 0) is 11.3 Å². The summed E-state index contributed by atoms with van der Waals surface area (Å²) in [5, 5.41) is 12.4. The fraction of sp³-hybridized carbons (Fsp3) is 0.417. The summed E-state index contributed by atoms with van der Waals surface area (Å²) in [5.41, 5.74) is 0.854. The SMILES string of the molecule is CCNCc1cccc(Cl)c1OC(C)C(=O)O. The number of benzene rings is 1. The predicted molar refractivity (Wildman–Crippen MR) is 66.6 cm³/mol. The maximum atomic E-state index is 10.8. The summed E-state index contributed by atoms with van der Waals surface area (Å²) < 4.78 is 5.36. The predicted octanol–water partition coefficient (Wildman–Crippen LogP) is 2.30. The fourth-order valence-electron chi connectivity index (χ4n) is 1.31. The highest BCUT2D eigenvalue weighted by Gasteiger charge is 2.16. The number of halogens is 1. The van der Waals surface area contributed by atoms with Crippen molar-refractivity contribution in [1.29, 1.82) is 0 Å². The van der Waals surface area contributed by atoms with E-state index < -0.39 is 12.1 Å². The van der Waals surface area contributed by atoms with Gasteiger partial charge in [-0.3, -0.25) is 0 Å². The van der Waals surface area contributed by atoms with Crippen LogP contribution in [0.1, 0.15) is 19.4 Å². The van der Waals surface area contributed by atoms with Crippen molar-refractivity contribution >= 4 is 17.6 Å². The topological polar surface area (TPSA) is 58.6 Å². The van der Waals surface area contributed by atoms with Gasteiger partial charge in [0.2, 0.25) is 0 Å². The number of hydrogen-bond donors (Lipinski definition) is 2. The number of para-hydroxylation sites is 1. The second-order valence-corrected chi connectivity index (χ2v) is 4.01. The van der Waals surface area contributed by atoms with Crippen LogP contribution < -0.4 is 10.1 Å². The third-order valence-corrected chi connectivity index (χ3v) is 2.55. The number of nitrogens with one attached hydrogen (secondary N) is 1. The third-order valence-electron chi connectivity index (χ3n) is 2.26. The molecule has 0 saturated carbocycles. The summed E-state index contributed by atoms with van der Waals surface area (Å²) in [6.07, 6.45) is -0.921. The van der Waals surface area contributed by atoms with E-state index in [0.29, 0.717) is 17.3 Å². The number of ether oxygens (including phenoxy) is 1. The van der Waals surface area contributed by atoms with Crippen LogP contribution in [0.25, 0.3) is 0 Å². The first-order valence-corrected chi connectivity index (χ1v) is 5.81. The molecule has 0 bridgehead atoms. The van der Waals surface area contributed by atoms with Gasteiger partial charge in [-0.25, -0.2) is 4.79 Å². The lowest BCUT2D eigenvalue weighted by atomic mass is 10.2. The van der Waals surface area contributed by atoms with E-state index in [9.17, 15) is 4.79 Å². The zero-order chi connectivity index (χ0) is 12.8. The van der Waals surface area contributed by atoms with E-state index in [2.05, 4.69) is 5.32 Å². The van der Waals surface area contributed by atoms with E-state index in [4.69, 9.17) is 21.4 Å². The lowest BCUT2D eigenvalue weighted by Gasteiger charge is -2.16. The molecule has 1 aromatic carbocycles. The minimum atomic E-state index is -1.01. The average molecular weight is 258 g/mol.